The molecule has 1 amide bonds. The summed E-state index contributed by atoms with van der Waals surface area (Å²) in [5.74, 6) is 0.938. The minimum absolute atomic E-state index is 0.125. The van der Waals surface area contributed by atoms with E-state index in [1.165, 1.54) is 0 Å². The Bertz CT molecular complexity index is 214. The Morgan fingerprint density at radius 2 is 2.07 bits per heavy atom. The summed E-state index contributed by atoms with van der Waals surface area (Å²) in [5.41, 5.74) is 0. The number of hydrogen-bond donors (Lipinski definition) is 0. The smallest absolute Gasteiger partial charge is 0.410 e. The molecule has 3 heteroatoms. The number of carbonyl (C=O) groups is 1. The molecular weight excluding hydrogens is 190 g/mol. The number of likely N-dealkylation sites (tertiary alicyclic amines) is 1. The maximum Gasteiger partial charge on any atom is 0.410 e. The summed E-state index contributed by atoms with van der Waals surface area (Å²) in [6.07, 6.45) is 2.11. The first kappa shape index (κ1) is 12.3. The fourth-order valence-corrected chi connectivity index (χ4v) is 2.03. The van der Waals surface area contributed by atoms with Crippen molar-refractivity contribution in [2.45, 2.75) is 46.6 Å². The number of hydrogen-bond acceptors (Lipinski definition) is 2. The fraction of sp³-hybridized carbons (Fsp3) is 0.917. The van der Waals surface area contributed by atoms with Gasteiger partial charge in [0, 0.05) is 12.6 Å². The minimum Gasteiger partial charge on any atom is -0.449 e. The van der Waals surface area contributed by atoms with Crippen molar-refractivity contribution in [3.8, 4) is 0 Å². The van der Waals surface area contributed by atoms with Crippen molar-refractivity contribution in [1.82, 2.24) is 4.90 Å². The van der Waals surface area contributed by atoms with Crippen LogP contribution in [0.1, 0.15) is 40.5 Å². The van der Waals surface area contributed by atoms with Gasteiger partial charge in [0.15, 0.2) is 0 Å². The van der Waals surface area contributed by atoms with Crippen molar-refractivity contribution in [2.75, 3.05) is 13.2 Å². The molecule has 1 aliphatic rings. The van der Waals surface area contributed by atoms with E-state index < -0.39 is 0 Å². The lowest BCUT2D eigenvalue weighted by atomic mass is 10.0. The van der Waals surface area contributed by atoms with Gasteiger partial charge in [0.1, 0.15) is 0 Å². The van der Waals surface area contributed by atoms with Crippen LogP contribution in [0.25, 0.3) is 0 Å². The second-order valence-electron chi connectivity index (χ2n) is 5.12. The van der Waals surface area contributed by atoms with Crippen LogP contribution in [0.3, 0.4) is 0 Å². The minimum atomic E-state index is -0.125. The maximum atomic E-state index is 11.8. The third kappa shape index (κ3) is 3.40. The van der Waals surface area contributed by atoms with Crippen LogP contribution in [-0.2, 0) is 4.74 Å². The number of carbonyl (C=O) groups excluding carboxylic acids is 1. The molecule has 0 radical (unpaired) electrons. The number of rotatable bonds is 3. The third-order valence-electron chi connectivity index (χ3n) is 2.84. The molecule has 0 spiro atoms. The van der Waals surface area contributed by atoms with Crippen molar-refractivity contribution < 1.29 is 9.53 Å². The molecule has 1 saturated heterocycles. The zero-order valence-electron chi connectivity index (χ0n) is 10.3. The first-order valence-corrected chi connectivity index (χ1v) is 5.95. The fourth-order valence-electron chi connectivity index (χ4n) is 2.03. The monoisotopic (exact) mass is 213 g/mol. The molecule has 1 aliphatic heterocycles. The summed E-state index contributed by atoms with van der Waals surface area (Å²) >= 11 is 0. The molecule has 0 aromatic heterocycles. The van der Waals surface area contributed by atoms with Gasteiger partial charge in [-0.2, -0.15) is 0 Å². The van der Waals surface area contributed by atoms with E-state index in [9.17, 15) is 4.79 Å². The molecule has 1 unspecified atom stereocenters. The van der Waals surface area contributed by atoms with Gasteiger partial charge in [-0.3, -0.25) is 0 Å². The van der Waals surface area contributed by atoms with Crippen LogP contribution in [0.2, 0.25) is 0 Å². The molecule has 3 nitrogen and oxygen atoms in total. The van der Waals surface area contributed by atoms with Gasteiger partial charge in [0.2, 0.25) is 0 Å². The number of nitrogens with zero attached hydrogens (tertiary/aromatic N) is 1. The summed E-state index contributed by atoms with van der Waals surface area (Å²) in [5, 5.41) is 0. The second-order valence-corrected chi connectivity index (χ2v) is 5.12. The molecule has 15 heavy (non-hydrogen) atoms. The predicted molar refractivity (Wildman–Crippen MR) is 60.8 cm³/mol. The zero-order chi connectivity index (χ0) is 11.4. The van der Waals surface area contributed by atoms with Gasteiger partial charge < -0.3 is 9.64 Å². The van der Waals surface area contributed by atoms with Crippen molar-refractivity contribution in [3.05, 3.63) is 0 Å². The van der Waals surface area contributed by atoms with Gasteiger partial charge in [-0.1, -0.05) is 27.7 Å². The highest BCUT2D eigenvalue weighted by atomic mass is 16.6. The van der Waals surface area contributed by atoms with Gasteiger partial charge in [0.05, 0.1) is 6.61 Å². The molecule has 1 atom stereocenters. The van der Waals surface area contributed by atoms with Crippen molar-refractivity contribution >= 4 is 6.09 Å². The quantitative estimate of drug-likeness (QED) is 0.721. The molecule has 88 valence electrons. The van der Waals surface area contributed by atoms with E-state index in [0.717, 1.165) is 19.4 Å². The summed E-state index contributed by atoms with van der Waals surface area (Å²) in [6.45, 7) is 9.83. The highest BCUT2D eigenvalue weighted by Crippen LogP contribution is 2.24. The van der Waals surface area contributed by atoms with Gasteiger partial charge >= 0.3 is 6.09 Å². The Kier molecular flexibility index (Phi) is 4.43. The van der Waals surface area contributed by atoms with Crippen LogP contribution in [0.4, 0.5) is 4.79 Å². The van der Waals surface area contributed by atoms with Crippen LogP contribution in [-0.4, -0.2) is 30.2 Å². The topological polar surface area (TPSA) is 29.5 Å². The standard InChI is InChI=1S/C12H23NO2/c1-9(2)8-15-12(14)13-7-5-6-11(13)10(3)4/h9-11H,5-8H2,1-4H3. The lowest BCUT2D eigenvalue weighted by Crippen LogP contribution is -2.39. The van der Waals surface area contributed by atoms with E-state index in [1.54, 1.807) is 0 Å². The Balaban J connectivity index is 2.44. The number of amides is 1. The van der Waals surface area contributed by atoms with E-state index in [0.29, 0.717) is 24.5 Å². The van der Waals surface area contributed by atoms with Crippen molar-refractivity contribution in [2.24, 2.45) is 11.8 Å². The molecule has 0 aliphatic carbocycles. The molecule has 0 bridgehead atoms. The highest BCUT2D eigenvalue weighted by Gasteiger charge is 2.31. The molecule has 1 fully saturated rings. The maximum absolute atomic E-state index is 11.8. The molecule has 1 heterocycles. The van der Waals surface area contributed by atoms with Crippen LogP contribution < -0.4 is 0 Å². The first-order valence-electron chi connectivity index (χ1n) is 5.95. The van der Waals surface area contributed by atoms with Crippen LogP contribution in [0.15, 0.2) is 0 Å². The van der Waals surface area contributed by atoms with Crippen molar-refractivity contribution in [1.29, 1.82) is 0 Å². The van der Waals surface area contributed by atoms with E-state index >= 15 is 0 Å². The van der Waals surface area contributed by atoms with Gasteiger partial charge in [0.25, 0.3) is 0 Å². The van der Waals surface area contributed by atoms with E-state index in [-0.39, 0.29) is 6.09 Å². The lowest BCUT2D eigenvalue weighted by Gasteiger charge is -2.27. The first-order chi connectivity index (χ1) is 7.02. The normalized spacial score (nSPS) is 21.5. The molecule has 0 aromatic rings. The summed E-state index contributed by atoms with van der Waals surface area (Å²) in [4.78, 5) is 13.7. The van der Waals surface area contributed by atoms with Crippen LogP contribution in [0, 0.1) is 11.8 Å². The Morgan fingerprint density at radius 1 is 1.40 bits per heavy atom. The summed E-state index contributed by atoms with van der Waals surface area (Å²) in [7, 11) is 0. The Hall–Kier alpha value is -0.730. The summed E-state index contributed by atoms with van der Waals surface area (Å²) < 4.78 is 5.25. The highest BCUT2D eigenvalue weighted by molar-refractivity contribution is 5.68. The Morgan fingerprint density at radius 3 is 2.60 bits per heavy atom. The Labute approximate surface area is 92.8 Å². The summed E-state index contributed by atoms with van der Waals surface area (Å²) in [6, 6.07) is 0.379. The largest absolute Gasteiger partial charge is 0.449 e. The molecule has 0 N–H and O–H groups in total. The second kappa shape index (κ2) is 5.38. The average Bonchev–Trinajstić information content (AvgIpc) is 2.62. The van der Waals surface area contributed by atoms with E-state index in [4.69, 9.17) is 4.74 Å². The van der Waals surface area contributed by atoms with E-state index in [2.05, 4.69) is 27.7 Å². The van der Waals surface area contributed by atoms with Crippen molar-refractivity contribution in [3.63, 3.8) is 0 Å². The van der Waals surface area contributed by atoms with Crippen LogP contribution in [0.5, 0.6) is 0 Å². The predicted octanol–water partition coefficient (Wildman–Crippen LogP) is 2.90. The lowest BCUT2D eigenvalue weighted by molar-refractivity contribution is 0.0813. The van der Waals surface area contributed by atoms with Gasteiger partial charge in [-0.25, -0.2) is 4.79 Å². The molecule has 0 saturated carbocycles. The SMILES string of the molecule is CC(C)COC(=O)N1CCCC1C(C)C. The zero-order valence-corrected chi connectivity index (χ0v) is 10.3. The van der Waals surface area contributed by atoms with Crippen LogP contribution >= 0.6 is 0 Å². The third-order valence-corrected chi connectivity index (χ3v) is 2.84. The molecule has 1 rings (SSSR count). The molecular formula is C12H23NO2. The number of ether oxygens (including phenoxy) is 1. The molecule has 0 aromatic carbocycles. The van der Waals surface area contributed by atoms with Gasteiger partial charge in [-0.15, -0.1) is 0 Å². The van der Waals surface area contributed by atoms with Gasteiger partial charge in [-0.05, 0) is 24.7 Å². The average molecular weight is 213 g/mol. The van der Waals surface area contributed by atoms with E-state index in [1.807, 2.05) is 4.90 Å².